The minimum atomic E-state index is -3.68. The van der Waals surface area contributed by atoms with Gasteiger partial charge in [-0.2, -0.15) is 4.31 Å². The van der Waals surface area contributed by atoms with E-state index in [0.717, 1.165) is 5.56 Å². The first-order valence-electron chi connectivity index (χ1n) is 13.1. The molecule has 2 aromatic carbocycles. The predicted octanol–water partition coefficient (Wildman–Crippen LogP) is 3.43. The molecule has 210 valence electrons. The zero-order valence-corrected chi connectivity index (χ0v) is 23.5. The van der Waals surface area contributed by atoms with Crippen LogP contribution in [0.4, 0.5) is 9.18 Å². The molecule has 39 heavy (non-hydrogen) atoms. The fourth-order valence-corrected chi connectivity index (χ4v) is 6.78. The summed E-state index contributed by atoms with van der Waals surface area (Å²) in [6.45, 7) is 8.97. The number of likely N-dealkylation sites (N-methyl/N-ethyl adjacent to an activating group) is 1. The van der Waals surface area contributed by atoms with Crippen LogP contribution in [-0.2, 0) is 19.6 Å². The summed E-state index contributed by atoms with van der Waals surface area (Å²) in [7, 11) is -3.68. The summed E-state index contributed by atoms with van der Waals surface area (Å²) >= 11 is 0. The number of nitrogens with zero attached hydrogens (tertiary/aromatic N) is 3. The number of carbonyl (C=O) groups excluding carboxylic acids is 2. The van der Waals surface area contributed by atoms with Gasteiger partial charge in [0, 0.05) is 44.5 Å². The van der Waals surface area contributed by atoms with Gasteiger partial charge in [0.05, 0.1) is 23.1 Å². The second-order valence-electron chi connectivity index (χ2n) is 9.78. The van der Waals surface area contributed by atoms with Crippen LogP contribution in [-0.4, -0.2) is 79.9 Å². The highest BCUT2D eigenvalue weighted by molar-refractivity contribution is 7.89. The number of rotatable bonds is 8. The molecule has 0 spiro atoms. The number of carbonyl (C=O) groups is 2. The van der Waals surface area contributed by atoms with Gasteiger partial charge in [-0.25, -0.2) is 22.4 Å². The van der Waals surface area contributed by atoms with Gasteiger partial charge in [-0.1, -0.05) is 29.8 Å². The van der Waals surface area contributed by atoms with E-state index in [1.807, 2.05) is 18.7 Å². The molecular weight excluding hydrogens is 523 g/mol. The number of piperazine rings is 1. The topological polar surface area (TPSA) is 99.3 Å². The van der Waals surface area contributed by atoms with Gasteiger partial charge in [0.25, 0.3) is 0 Å². The fourth-order valence-electron chi connectivity index (χ4n) is 5.17. The van der Waals surface area contributed by atoms with Crippen LogP contribution in [0.15, 0.2) is 64.7 Å². The number of aryl methyl sites for hydroxylation is 1. The van der Waals surface area contributed by atoms with E-state index >= 15 is 0 Å². The third-order valence-corrected chi connectivity index (χ3v) is 9.11. The molecular formula is C28H35FN4O5S. The molecule has 2 heterocycles. The predicted molar refractivity (Wildman–Crippen MR) is 145 cm³/mol. The van der Waals surface area contributed by atoms with Crippen molar-refractivity contribution in [3.05, 3.63) is 76.7 Å². The zero-order valence-electron chi connectivity index (χ0n) is 22.7. The Labute approximate surface area is 229 Å². The maximum atomic E-state index is 14.1. The number of halogens is 1. The lowest BCUT2D eigenvalue weighted by molar-refractivity contribution is -0.139. The van der Waals surface area contributed by atoms with E-state index in [1.165, 1.54) is 27.4 Å². The molecule has 0 aliphatic carbocycles. The largest absolute Gasteiger partial charge is 0.463 e. The molecule has 2 aliphatic rings. The van der Waals surface area contributed by atoms with Gasteiger partial charge in [0.15, 0.2) is 0 Å². The maximum Gasteiger partial charge on any atom is 0.338 e. The molecule has 11 heteroatoms. The lowest BCUT2D eigenvalue weighted by Gasteiger charge is -2.42. The Hall–Kier alpha value is -3.28. The molecule has 1 fully saturated rings. The third-order valence-electron chi connectivity index (χ3n) is 7.08. The Kier molecular flexibility index (Phi) is 8.73. The molecule has 4 rings (SSSR count). The summed E-state index contributed by atoms with van der Waals surface area (Å²) in [5.74, 6) is -1.07. The van der Waals surface area contributed by atoms with E-state index in [9.17, 15) is 22.4 Å². The molecule has 2 aromatic rings. The molecule has 2 aliphatic heterocycles. The number of benzene rings is 2. The van der Waals surface area contributed by atoms with Crippen LogP contribution in [0.25, 0.3) is 0 Å². The lowest BCUT2D eigenvalue weighted by Crippen LogP contribution is -2.56. The van der Waals surface area contributed by atoms with Gasteiger partial charge in [0.2, 0.25) is 10.0 Å². The minimum absolute atomic E-state index is 0.137. The summed E-state index contributed by atoms with van der Waals surface area (Å²) in [6, 6.07) is 10.9. The molecule has 1 N–H and O–H groups in total. The molecule has 0 radical (unpaired) electrons. The van der Waals surface area contributed by atoms with Gasteiger partial charge in [-0.15, -0.1) is 0 Å². The van der Waals surface area contributed by atoms with Crippen LogP contribution in [0.5, 0.6) is 0 Å². The molecule has 1 saturated heterocycles. The van der Waals surface area contributed by atoms with Gasteiger partial charge in [-0.05, 0) is 57.5 Å². The molecule has 0 unspecified atom stereocenters. The minimum Gasteiger partial charge on any atom is -0.463 e. The van der Waals surface area contributed by atoms with Crippen molar-refractivity contribution in [2.45, 2.75) is 44.7 Å². The highest BCUT2D eigenvalue weighted by Crippen LogP contribution is 2.33. The summed E-state index contributed by atoms with van der Waals surface area (Å²) in [5.41, 5.74) is 2.12. The molecule has 2 atom stereocenters. The number of amides is 2. The molecule has 0 aromatic heterocycles. The molecule has 9 nitrogen and oxygen atoms in total. The number of sulfonamides is 1. The van der Waals surface area contributed by atoms with Crippen molar-refractivity contribution in [1.29, 1.82) is 0 Å². The molecule has 0 bridgehead atoms. The maximum absolute atomic E-state index is 14.1. The van der Waals surface area contributed by atoms with Crippen molar-refractivity contribution in [3.63, 3.8) is 0 Å². The van der Waals surface area contributed by atoms with Crippen molar-refractivity contribution in [2.75, 3.05) is 39.3 Å². The third kappa shape index (κ3) is 6.00. The summed E-state index contributed by atoms with van der Waals surface area (Å²) in [6.07, 6.45) is 0. The number of hydrogen-bond donors (Lipinski definition) is 1. The van der Waals surface area contributed by atoms with Crippen molar-refractivity contribution >= 4 is 22.0 Å². The monoisotopic (exact) mass is 558 g/mol. The van der Waals surface area contributed by atoms with E-state index in [2.05, 4.69) is 5.32 Å². The van der Waals surface area contributed by atoms with Gasteiger partial charge < -0.3 is 10.1 Å². The standard InChI is InChI=1S/C28H35FN4O5S/c1-5-32-24(25(27(34)38-6-2)26(30-28(32)35)21-8-7-9-22(29)16-21)18-31-14-15-33(20(4)17-31)39(36,37)23-12-10-19(3)11-13-23/h7-13,16,20,26H,5-6,14-15,17-18H2,1-4H3,(H,30,35)/t20-,26-/m1/s1. The fraction of sp³-hybridized carbons (Fsp3) is 0.429. The Balaban J connectivity index is 1.65. The molecule has 0 saturated carbocycles. The van der Waals surface area contributed by atoms with Gasteiger partial charge in [0.1, 0.15) is 5.82 Å². The van der Waals surface area contributed by atoms with E-state index in [0.29, 0.717) is 30.9 Å². The normalized spacial score (nSPS) is 21.2. The Morgan fingerprint density at radius 3 is 2.46 bits per heavy atom. The number of nitrogens with one attached hydrogen (secondary N) is 1. The van der Waals surface area contributed by atoms with Crippen LogP contribution in [0.2, 0.25) is 0 Å². The van der Waals surface area contributed by atoms with Gasteiger partial charge in [-0.3, -0.25) is 9.80 Å². The van der Waals surface area contributed by atoms with Gasteiger partial charge >= 0.3 is 12.0 Å². The number of ether oxygens (including phenoxy) is 1. The van der Waals surface area contributed by atoms with E-state index in [-0.39, 0.29) is 36.2 Å². The van der Waals surface area contributed by atoms with Crippen LogP contribution >= 0.6 is 0 Å². The quantitative estimate of drug-likeness (QED) is 0.499. The van der Waals surface area contributed by atoms with Crippen molar-refractivity contribution in [3.8, 4) is 0 Å². The van der Waals surface area contributed by atoms with E-state index < -0.39 is 33.9 Å². The average Bonchev–Trinajstić information content (AvgIpc) is 2.89. The number of esters is 1. The summed E-state index contributed by atoms with van der Waals surface area (Å²) < 4.78 is 47.6. The van der Waals surface area contributed by atoms with E-state index in [4.69, 9.17) is 4.74 Å². The van der Waals surface area contributed by atoms with Crippen LogP contribution in [0, 0.1) is 12.7 Å². The van der Waals surface area contributed by atoms with Crippen LogP contribution in [0.1, 0.15) is 37.9 Å². The number of hydrogen-bond acceptors (Lipinski definition) is 6. The lowest BCUT2D eigenvalue weighted by atomic mass is 9.94. The second-order valence-corrected chi connectivity index (χ2v) is 11.7. The van der Waals surface area contributed by atoms with Crippen molar-refractivity contribution < 1.29 is 27.1 Å². The van der Waals surface area contributed by atoms with Crippen LogP contribution in [0.3, 0.4) is 0 Å². The highest BCUT2D eigenvalue weighted by atomic mass is 32.2. The SMILES string of the molecule is CCOC(=O)C1=C(CN2CCN(S(=O)(=O)c3ccc(C)cc3)[C@H](C)C2)N(CC)C(=O)N[C@@H]1c1cccc(F)c1. The smallest absolute Gasteiger partial charge is 0.338 e. The Morgan fingerprint density at radius 1 is 1.13 bits per heavy atom. The summed E-state index contributed by atoms with van der Waals surface area (Å²) in [5, 5.41) is 2.83. The first-order valence-corrected chi connectivity index (χ1v) is 14.5. The van der Waals surface area contributed by atoms with Crippen molar-refractivity contribution in [2.24, 2.45) is 0 Å². The van der Waals surface area contributed by atoms with E-state index in [1.54, 1.807) is 44.2 Å². The highest BCUT2D eigenvalue weighted by Gasteiger charge is 2.40. The Morgan fingerprint density at radius 2 is 1.85 bits per heavy atom. The van der Waals surface area contributed by atoms with Crippen molar-refractivity contribution in [1.82, 2.24) is 19.4 Å². The average molecular weight is 559 g/mol. The first kappa shape index (κ1) is 28.7. The summed E-state index contributed by atoms with van der Waals surface area (Å²) in [4.78, 5) is 30.2. The molecule has 2 amide bonds. The number of urea groups is 1. The second kappa shape index (κ2) is 11.8. The van der Waals surface area contributed by atoms with Crippen LogP contribution < -0.4 is 5.32 Å². The first-order chi connectivity index (χ1) is 18.6. The Bertz CT molecular complexity index is 1360. The zero-order chi connectivity index (χ0) is 28.3.